The van der Waals surface area contributed by atoms with Gasteiger partial charge in [0.15, 0.2) is 0 Å². The van der Waals surface area contributed by atoms with Crippen LogP contribution in [0, 0.1) is 5.82 Å². The summed E-state index contributed by atoms with van der Waals surface area (Å²) >= 11 is 0. The van der Waals surface area contributed by atoms with Gasteiger partial charge in [0, 0.05) is 5.56 Å². The molecule has 0 saturated heterocycles. The van der Waals surface area contributed by atoms with E-state index in [0.717, 1.165) is 18.4 Å². The summed E-state index contributed by atoms with van der Waals surface area (Å²) < 4.78 is 19.7. The van der Waals surface area contributed by atoms with E-state index < -0.39 is 0 Å². The first-order chi connectivity index (χ1) is 12.3. The predicted molar refractivity (Wildman–Crippen MR) is 100 cm³/mol. The molecule has 1 aliphatic rings. The van der Waals surface area contributed by atoms with E-state index in [1.807, 2.05) is 18.2 Å². The van der Waals surface area contributed by atoms with Crippen molar-refractivity contribution in [1.82, 2.24) is 0 Å². The summed E-state index contributed by atoms with van der Waals surface area (Å²) in [6.07, 6.45) is 3.93. The van der Waals surface area contributed by atoms with Crippen molar-refractivity contribution in [3.05, 3.63) is 100 Å². The normalized spacial score (nSPS) is 12.8. The molecule has 0 bridgehead atoms. The monoisotopic (exact) mass is 330 g/mol. The van der Waals surface area contributed by atoms with Crippen molar-refractivity contribution >= 4 is 11.6 Å². The molecule has 3 aromatic carbocycles. The Balaban J connectivity index is 1.97. The minimum absolute atomic E-state index is 0.243. The summed E-state index contributed by atoms with van der Waals surface area (Å²) in [5.41, 5.74) is 6.56. The number of hydrogen-bond donors (Lipinski definition) is 0. The van der Waals surface area contributed by atoms with E-state index in [0.29, 0.717) is 11.3 Å². The van der Waals surface area contributed by atoms with Crippen molar-refractivity contribution in [2.24, 2.45) is 0 Å². The third kappa shape index (κ3) is 2.96. The van der Waals surface area contributed by atoms with E-state index in [1.54, 1.807) is 19.2 Å². The molecule has 1 nitrogen and oxygen atoms in total. The molecular weight excluding hydrogens is 311 g/mol. The maximum Gasteiger partial charge on any atom is 0.130 e. The fourth-order valence-corrected chi connectivity index (χ4v) is 3.49. The molecule has 0 unspecified atom stereocenters. The first-order valence-corrected chi connectivity index (χ1v) is 8.48. The first-order valence-electron chi connectivity index (χ1n) is 8.48. The van der Waals surface area contributed by atoms with Crippen molar-refractivity contribution in [1.29, 1.82) is 0 Å². The van der Waals surface area contributed by atoms with Crippen LogP contribution in [0.3, 0.4) is 0 Å². The SMILES string of the molecule is COc1ccc(F)c(C=C2c3ccccc3CCc3ccccc32)c1. The van der Waals surface area contributed by atoms with Gasteiger partial charge in [-0.15, -0.1) is 0 Å². The number of rotatable bonds is 2. The molecule has 0 atom stereocenters. The van der Waals surface area contributed by atoms with Gasteiger partial charge in [-0.05, 0) is 64.9 Å². The molecule has 4 rings (SSSR count). The maximum atomic E-state index is 14.4. The van der Waals surface area contributed by atoms with Gasteiger partial charge in [0.25, 0.3) is 0 Å². The van der Waals surface area contributed by atoms with Gasteiger partial charge in [0.05, 0.1) is 7.11 Å². The Kier molecular flexibility index (Phi) is 4.10. The van der Waals surface area contributed by atoms with Crippen LogP contribution in [0.1, 0.15) is 27.8 Å². The lowest BCUT2D eigenvalue weighted by molar-refractivity contribution is 0.413. The molecule has 0 spiro atoms. The highest BCUT2D eigenvalue weighted by Crippen LogP contribution is 2.35. The van der Waals surface area contributed by atoms with Crippen molar-refractivity contribution < 1.29 is 9.13 Å². The average Bonchev–Trinajstić information content (AvgIpc) is 2.81. The Morgan fingerprint density at radius 3 is 2.04 bits per heavy atom. The van der Waals surface area contributed by atoms with Crippen molar-refractivity contribution in [2.45, 2.75) is 12.8 Å². The van der Waals surface area contributed by atoms with Crippen LogP contribution in [0.4, 0.5) is 4.39 Å². The summed E-state index contributed by atoms with van der Waals surface area (Å²) in [5.74, 6) is 0.413. The van der Waals surface area contributed by atoms with Crippen LogP contribution >= 0.6 is 0 Å². The largest absolute Gasteiger partial charge is 0.497 e. The van der Waals surface area contributed by atoms with Crippen LogP contribution < -0.4 is 4.74 Å². The molecule has 0 radical (unpaired) electrons. The molecule has 1 aliphatic carbocycles. The molecule has 0 fully saturated rings. The van der Waals surface area contributed by atoms with Crippen LogP contribution in [-0.4, -0.2) is 7.11 Å². The van der Waals surface area contributed by atoms with Gasteiger partial charge in [0.1, 0.15) is 11.6 Å². The minimum Gasteiger partial charge on any atom is -0.497 e. The standard InChI is InChI=1S/C23H19FO/c1-25-19-12-13-23(24)18(14-19)15-22-20-8-4-2-6-16(20)10-11-17-7-3-5-9-21(17)22/h2-9,12-15H,10-11H2,1H3. The zero-order valence-electron chi connectivity index (χ0n) is 14.1. The number of benzene rings is 3. The van der Waals surface area contributed by atoms with E-state index in [1.165, 1.54) is 28.3 Å². The molecule has 124 valence electrons. The van der Waals surface area contributed by atoms with Crippen LogP contribution in [0.2, 0.25) is 0 Å². The van der Waals surface area contributed by atoms with Crippen LogP contribution in [0.25, 0.3) is 11.6 Å². The van der Waals surface area contributed by atoms with E-state index in [9.17, 15) is 4.39 Å². The fraction of sp³-hybridized carbons (Fsp3) is 0.130. The highest BCUT2D eigenvalue weighted by Gasteiger charge is 2.18. The number of fused-ring (bicyclic) bond motifs is 2. The summed E-state index contributed by atoms with van der Waals surface area (Å²) in [6, 6.07) is 21.7. The van der Waals surface area contributed by atoms with E-state index in [-0.39, 0.29) is 5.82 Å². The van der Waals surface area contributed by atoms with E-state index in [2.05, 4.69) is 36.4 Å². The number of aryl methyl sites for hydroxylation is 2. The average molecular weight is 330 g/mol. The zero-order valence-corrected chi connectivity index (χ0v) is 14.1. The molecule has 0 aliphatic heterocycles. The fourth-order valence-electron chi connectivity index (χ4n) is 3.49. The summed E-state index contributed by atoms with van der Waals surface area (Å²) in [5, 5.41) is 0. The van der Waals surface area contributed by atoms with Gasteiger partial charge in [-0.2, -0.15) is 0 Å². The van der Waals surface area contributed by atoms with Crippen LogP contribution in [0.5, 0.6) is 5.75 Å². The summed E-state index contributed by atoms with van der Waals surface area (Å²) in [7, 11) is 1.60. The molecule has 3 aromatic rings. The lowest BCUT2D eigenvalue weighted by atomic mass is 9.92. The van der Waals surface area contributed by atoms with Gasteiger partial charge in [-0.1, -0.05) is 48.5 Å². The van der Waals surface area contributed by atoms with Gasteiger partial charge >= 0.3 is 0 Å². The highest BCUT2D eigenvalue weighted by atomic mass is 19.1. The second-order valence-electron chi connectivity index (χ2n) is 6.26. The van der Waals surface area contributed by atoms with Gasteiger partial charge < -0.3 is 4.74 Å². The quantitative estimate of drug-likeness (QED) is 0.601. The molecule has 0 saturated carbocycles. The van der Waals surface area contributed by atoms with Gasteiger partial charge in [0.2, 0.25) is 0 Å². The lowest BCUT2D eigenvalue weighted by Crippen LogP contribution is -1.94. The summed E-state index contributed by atoms with van der Waals surface area (Å²) in [6.45, 7) is 0. The Hall–Kier alpha value is -2.87. The van der Waals surface area contributed by atoms with Crippen LogP contribution in [0.15, 0.2) is 66.7 Å². The van der Waals surface area contributed by atoms with Crippen molar-refractivity contribution in [2.75, 3.05) is 7.11 Å². The number of ether oxygens (including phenoxy) is 1. The zero-order chi connectivity index (χ0) is 17.2. The van der Waals surface area contributed by atoms with Gasteiger partial charge in [-0.25, -0.2) is 4.39 Å². The number of methoxy groups -OCH3 is 1. The Labute approximate surface area is 147 Å². The second-order valence-corrected chi connectivity index (χ2v) is 6.26. The highest BCUT2D eigenvalue weighted by molar-refractivity contribution is 5.94. The summed E-state index contributed by atoms with van der Waals surface area (Å²) in [4.78, 5) is 0. The van der Waals surface area contributed by atoms with Crippen LogP contribution in [-0.2, 0) is 12.8 Å². The van der Waals surface area contributed by atoms with Gasteiger partial charge in [-0.3, -0.25) is 0 Å². The molecule has 0 amide bonds. The lowest BCUT2D eigenvalue weighted by Gasteiger charge is -2.12. The molecule has 0 N–H and O–H groups in total. The Bertz CT molecular complexity index is 906. The van der Waals surface area contributed by atoms with E-state index >= 15 is 0 Å². The third-order valence-corrected chi connectivity index (χ3v) is 4.78. The van der Waals surface area contributed by atoms with Crippen molar-refractivity contribution in [3.8, 4) is 5.75 Å². The second kappa shape index (κ2) is 6.56. The maximum absolute atomic E-state index is 14.4. The molecule has 2 heteroatoms. The topological polar surface area (TPSA) is 9.23 Å². The molecule has 0 aromatic heterocycles. The Morgan fingerprint density at radius 2 is 1.44 bits per heavy atom. The third-order valence-electron chi connectivity index (χ3n) is 4.78. The molecule has 25 heavy (non-hydrogen) atoms. The van der Waals surface area contributed by atoms with E-state index in [4.69, 9.17) is 4.74 Å². The molecule has 0 heterocycles. The molecular formula is C23H19FO. The predicted octanol–water partition coefficient (Wildman–Crippen LogP) is 5.52. The minimum atomic E-state index is -0.243. The number of hydrogen-bond acceptors (Lipinski definition) is 1. The van der Waals surface area contributed by atoms with Crippen molar-refractivity contribution in [3.63, 3.8) is 0 Å². The Morgan fingerprint density at radius 1 is 0.840 bits per heavy atom. The number of halogens is 1. The smallest absolute Gasteiger partial charge is 0.130 e. The first kappa shape index (κ1) is 15.6.